The molecule has 0 bridgehead atoms. The van der Waals surface area contributed by atoms with Gasteiger partial charge in [-0.15, -0.1) is 0 Å². The van der Waals surface area contributed by atoms with E-state index in [1.807, 2.05) is 0 Å². The Hall–Kier alpha value is -1.43. The van der Waals surface area contributed by atoms with Gasteiger partial charge in [-0.05, 0) is 31.6 Å². The second kappa shape index (κ2) is 6.36. The van der Waals surface area contributed by atoms with Gasteiger partial charge in [-0.25, -0.2) is 0 Å². The fourth-order valence-corrected chi connectivity index (χ4v) is 3.93. The number of amides is 1. The monoisotopic (exact) mass is 306 g/mol. The lowest BCUT2D eigenvalue weighted by Gasteiger charge is -2.35. The molecule has 1 aromatic rings. The maximum absolute atomic E-state index is 12.5. The van der Waals surface area contributed by atoms with E-state index in [9.17, 15) is 4.79 Å². The smallest absolute Gasteiger partial charge is 0.223 e. The van der Waals surface area contributed by atoms with Crippen LogP contribution in [-0.2, 0) is 10.3 Å². The first-order valence-corrected chi connectivity index (χ1v) is 8.46. The van der Waals surface area contributed by atoms with E-state index in [1.165, 1.54) is 6.42 Å². The molecule has 0 radical (unpaired) electrons. The minimum atomic E-state index is -0.449. The van der Waals surface area contributed by atoms with E-state index >= 15 is 0 Å². The standard InChI is InChI=1S/C16H26N4O2/c1-11-18-15(20-22-11)16(8-3-2-4-9-16)19-14(21)10-12-6-5-7-13(12)17/h12-13H,2-10,17H2,1H3,(H,19,21)/t12-,13+/m0/s1. The van der Waals surface area contributed by atoms with Gasteiger partial charge in [-0.3, -0.25) is 4.79 Å². The topological polar surface area (TPSA) is 94.0 Å². The van der Waals surface area contributed by atoms with Gasteiger partial charge in [0.25, 0.3) is 0 Å². The molecule has 22 heavy (non-hydrogen) atoms. The molecule has 6 nitrogen and oxygen atoms in total. The van der Waals surface area contributed by atoms with Crippen LogP contribution >= 0.6 is 0 Å². The van der Waals surface area contributed by atoms with Gasteiger partial charge in [0.2, 0.25) is 11.8 Å². The van der Waals surface area contributed by atoms with Crippen LogP contribution in [-0.4, -0.2) is 22.1 Å². The summed E-state index contributed by atoms with van der Waals surface area (Å²) in [6.07, 6.45) is 8.86. The van der Waals surface area contributed by atoms with Crippen molar-refractivity contribution >= 4 is 5.91 Å². The molecule has 1 amide bonds. The highest BCUT2D eigenvalue weighted by molar-refractivity contribution is 5.77. The highest BCUT2D eigenvalue weighted by atomic mass is 16.5. The molecule has 0 aliphatic heterocycles. The van der Waals surface area contributed by atoms with E-state index in [-0.39, 0.29) is 11.9 Å². The summed E-state index contributed by atoms with van der Waals surface area (Å²) >= 11 is 0. The Labute approximate surface area is 131 Å². The van der Waals surface area contributed by atoms with Gasteiger partial charge in [-0.1, -0.05) is 30.8 Å². The van der Waals surface area contributed by atoms with Gasteiger partial charge in [-0.2, -0.15) is 4.98 Å². The molecule has 2 aliphatic carbocycles. The molecule has 2 fully saturated rings. The van der Waals surface area contributed by atoms with Crippen molar-refractivity contribution in [3.8, 4) is 0 Å². The van der Waals surface area contributed by atoms with E-state index < -0.39 is 5.54 Å². The molecular formula is C16H26N4O2. The van der Waals surface area contributed by atoms with Crippen LogP contribution in [0.3, 0.4) is 0 Å². The van der Waals surface area contributed by atoms with Crippen LogP contribution in [0.4, 0.5) is 0 Å². The first-order valence-electron chi connectivity index (χ1n) is 8.46. The van der Waals surface area contributed by atoms with E-state index in [0.29, 0.717) is 24.1 Å². The van der Waals surface area contributed by atoms with Gasteiger partial charge < -0.3 is 15.6 Å². The highest BCUT2D eigenvalue weighted by Gasteiger charge is 2.40. The van der Waals surface area contributed by atoms with Crippen molar-refractivity contribution in [2.45, 2.75) is 76.3 Å². The Morgan fingerprint density at radius 3 is 2.68 bits per heavy atom. The summed E-state index contributed by atoms with van der Waals surface area (Å²) in [5.74, 6) is 1.57. The molecule has 3 N–H and O–H groups in total. The highest BCUT2D eigenvalue weighted by Crippen LogP contribution is 2.36. The minimum absolute atomic E-state index is 0.0757. The van der Waals surface area contributed by atoms with Crippen molar-refractivity contribution < 1.29 is 9.32 Å². The Balaban J connectivity index is 1.71. The van der Waals surface area contributed by atoms with Gasteiger partial charge >= 0.3 is 0 Å². The molecule has 2 atom stereocenters. The third-order valence-corrected chi connectivity index (χ3v) is 5.21. The molecule has 0 spiro atoms. The van der Waals surface area contributed by atoms with Crippen molar-refractivity contribution in [3.05, 3.63) is 11.7 Å². The average Bonchev–Trinajstić information content (AvgIpc) is 3.10. The van der Waals surface area contributed by atoms with Crippen molar-refractivity contribution in [3.63, 3.8) is 0 Å². The third-order valence-electron chi connectivity index (χ3n) is 5.21. The predicted octanol–water partition coefficient (Wildman–Crippen LogP) is 2.17. The van der Waals surface area contributed by atoms with Gasteiger partial charge in [0.1, 0.15) is 5.54 Å². The summed E-state index contributed by atoms with van der Waals surface area (Å²) in [5.41, 5.74) is 5.64. The van der Waals surface area contributed by atoms with Crippen molar-refractivity contribution in [1.29, 1.82) is 0 Å². The number of hydrogen-bond acceptors (Lipinski definition) is 5. The van der Waals surface area contributed by atoms with E-state index in [2.05, 4.69) is 15.5 Å². The number of hydrogen-bond donors (Lipinski definition) is 2. The van der Waals surface area contributed by atoms with E-state index in [1.54, 1.807) is 6.92 Å². The van der Waals surface area contributed by atoms with Gasteiger partial charge in [0, 0.05) is 19.4 Å². The quantitative estimate of drug-likeness (QED) is 0.889. The molecule has 0 aromatic carbocycles. The second-order valence-electron chi connectivity index (χ2n) is 6.89. The lowest BCUT2D eigenvalue weighted by Crippen LogP contribution is -2.48. The maximum Gasteiger partial charge on any atom is 0.223 e. The number of aromatic nitrogens is 2. The molecule has 2 saturated carbocycles. The number of nitrogens with zero attached hydrogens (tertiary/aromatic N) is 2. The van der Waals surface area contributed by atoms with Gasteiger partial charge in [0.05, 0.1) is 0 Å². The molecule has 1 heterocycles. The van der Waals surface area contributed by atoms with Crippen LogP contribution < -0.4 is 11.1 Å². The number of aryl methyl sites for hydroxylation is 1. The van der Waals surface area contributed by atoms with E-state index in [0.717, 1.165) is 44.9 Å². The van der Waals surface area contributed by atoms with E-state index in [4.69, 9.17) is 10.3 Å². The zero-order valence-corrected chi connectivity index (χ0v) is 13.3. The van der Waals surface area contributed by atoms with Crippen LogP contribution in [0.25, 0.3) is 0 Å². The molecule has 2 aliphatic rings. The van der Waals surface area contributed by atoms with Crippen LogP contribution in [0.5, 0.6) is 0 Å². The number of carbonyl (C=O) groups excluding carboxylic acids is 1. The largest absolute Gasteiger partial charge is 0.343 e. The Bertz CT molecular complexity index is 522. The summed E-state index contributed by atoms with van der Waals surface area (Å²) < 4.78 is 5.14. The molecule has 0 unspecified atom stereocenters. The summed E-state index contributed by atoms with van der Waals surface area (Å²) in [5, 5.41) is 7.32. The summed E-state index contributed by atoms with van der Waals surface area (Å²) in [7, 11) is 0. The number of rotatable bonds is 4. The normalized spacial score (nSPS) is 27.7. The van der Waals surface area contributed by atoms with Crippen LogP contribution in [0.15, 0.2) is 4.52 Å². The first-order chi connectivity index (χ1) is 10.6. The summed E-state index contributed by atoms with van der Waals surface area (Å²) in [6, 6.07) is 0.167. The third kappa shape index (κ3) is 3.16. The Morgan fingerprint density at radius 2 is 2.09 bits per heavy atom. The average molecular weight is 306 g/mol. The van der Waals surface area contributed by atoms with Crippen molar-refractivity contribution in [2.75, 3.05) is 0 Å². The zero-order chi connectivity index (χ0) is 15.6. The zero-order valence-electron chi connectivity index (χ0n) is 13.3. The summed E-state index contributed by atoms with van der Waals surface area (Å²) in [4.78, 5) is 16.9. The number of carbonyl (C=O) groups is 1. The van der Waals surface area contributed by atoms with Gasteiger partial charge in [0.15, 0.2) is 5.82 Å². The molecule has 122 valence electrons. The minimum Gasteiger partial charge on any atom is -0.343 e. The fraction of sp³-hybridized carbons (Fsp3) is 0.812. The molecular weight excluding hydrogens is 280 g/mol. The van der Waals surface area contributed by atoms with Crippen LogP contribution in [0, 0.1) is 12.8 Å². The fourth-order valence-electron chi connectivity index (χ4n) is 3.93. The summed E-state index contributed by atoms with van der Waals surface area (Å²) in [6.45, 7) is 1.78. The Morgan fingerprint density at radius 1 is 1.32 bits per heavy atom. The Kier molecular flexibility index (Phi) is 4.47. The van der Waals surface area contributed by atoms with Crippen molar-refractivity contribution in [2.24, 2.45) is 11.7 Å². The van der Waals surface area contributed by atoms with Crippen molar-refractivity contribution in [1.82, 2.24) is 15.5 Å². The number of nitrogens with two attached hydrogens (primary N) is 1. The molecule has 3 rings (SSSR count). The SMILES string of the molecule is Cc1nc(C2(NC(=O)C[C@@H]3CCC[C@H]3N)CCCCC2)no1. The number of nitrogens with one attached hydrogen (secondary N) is 1. The lowest BCUT2D eigenvalue weighted by molar-refractivity contribution is -0.124. The molecule has 1 aromatic heterocycles. The molecule has 6 heteroatoms. The van der Waals surface area contributed by atoms with Crippen LogP contribution in [0.2, 0.25) is 0 Å². The molecule has 0 saturated heterocycles. The second-order valence-corrected chi connectivity index (χ2v) is 6.89. The lowest BCUT2D eigenvalue weighted by atomic mass is 9.80. The first kappa shape index (κ1) is 15.5. The van der Waals surface area contributed by atoms with Crippen LogP contribution in [0.1, 0.15) is 69.5 Å². The predicted molar refractivity (Wildman–Crippen MR) is 81.9 cm³/mol. The maximum atomic E-state index is 12.5.